The molecule has 1 atom stereocenters. The van der Waals surface area contributed by atoms with Crippen LogP contribution in [0.5, 0.6) is 0 Å². The predicted molar refractivity (Wildman–Crippen MR) is 63.4 cm³/mol. The minimum atomic E-state index is -0.702. The third kappa shape index (κ3) is 2.24. The first-order chi connectivity index (χ1) is 7.46. The number of aliphatic carboxylic acids is 1. The second kappa shape index (κ2) is 4.02. The highest BCUT2D eigenvalue weighted by atomic mass is 16.4. The van der Waals surface area contributed by atoms with Crippen LogP contribution in [0.15, 0.2) is 0 Å². The van der Waals surface area contributed by atoms with Gasteiger partial charge in [-0.25, -0.2) is 0 Å². The van der Waals surface area contributed by atoms with Crippen LogP contribution < -0.4 is 5.32 Å². The van der Waals surface area contributed by atoms with Crippen LogP contribution in [-0.2, 0) is 4.79 Å². The van der Waals surface area contributed by atoms with E-state index in [2.05, 4.69) is 12.2 Å². The minimum absolute atomic E-state index is 0.0357. The highest BCUT2D eigenvalue weighted by Crippen LogP contribution is 2.42. The number of nitrogens with one attached hydrogen (secondary N) is 1. The van der Waals surface area contributed by atoms with Crippen molar-refractivity contribution in [1.82, 2.24) is 5.32 Å². The van der Waals surface area contributed by atoms with Crippen molar-refractivity contribution in [2.75, 3.05) is 0 Å². The first-order valence-electron chi connectivity index (χ1n) is 6.49. The minimum Gasteiger partial charge on any atom is -0.480 e. The molecule has 0 radical (unpaired) electrons. The van der Waals surface area contributed by atoms with Gasteiger partial charge in [-0.2, -0.15) is 0 Å². The molecule has 0 aromatic heterocycles. The highest BCUT2D eigenvalue weighted by Gasteiger charge is 2.50. The molecule has 3 nitrogen and oxygen atoms in total. The van der Waals surface area contributed by atoms with E-state index in [1.807, 2.05) is 6.92 Å². The number of rotatable bonds is 4. The molecule has 2 aliphatic rings. The normalized spacial score (nSPS) is 28.4. The van der Waals surface area contributed by atoms with E-state index in [-0.39, 0.29) is 5.54 Å². The maximum atomic E-state index is 11.5. The van der Waals surface area contributed by atoms with Gasteiger partial charge in [-0.05, 0) is 45.4 Å². The highest BCUT2D eigenvalue weighted by molar-refractivity contribution is 5.79. The topological polar surface area (TPSA) is 49.3 Å². The van der Waals surface area contributed by atoms with Gasteiger partial charge in [0.2, 0.25) is 0 Å². The lowest BCUT2D eigenvalue weighted by Crippen LogP contribution is -2.61. The van der Waals surface area contributed by atoms with Gasteiger partial charge in [0.15, 0.2) is 0 Å². The van der Waals surface area contributed by atoms with Crippen LogP contribution in [0.3, 0.4) is 0 Å². The van der Waals surface area contributed by atoms with Gasteiger partial charge >= 0.3 is 5.97 Å². The molecule has 0 aliphatic heterocycles. The zero-order valence-corrected chi connectivity index (χ0v) is 10.4. The first kappa shape index (κ1) is 11.9. The van der Waals surface area contributed by atoms with E-state index in [1.54, 1.807) is 0 Å². The van der Waals surface area contributed by atoms with Crippen LogP contribution in [0.25, 0.3) is 0 Å². The Hall–Kier alpha value is -0.570. The molecule has 2 aliphatic carbocycles. The van der Waals surface area contributed by atoms with Gasteiger partial charge in [0.1, 0.15) is 5.54 Å². The molecular formula is C13H23NO2. The summed E-state index contributed by atoms with van der Waals surface area (Å²) in [6, 6.07) is 0. The fraction of sp³-hybridized carbons (Fsp3) is 0.923. The Labute approximate surface area is 97.6 Å². The molecule has 0 bridgehead atoms. The molecule has 0 heterocycles. The largest absolute Gasteiger partial charge is 0.480 e. The number of carboxylic acids is 1. The van der Waals surface area contributed by atoms with E-state index >= 15 is 0 Å². The molecule has 2 rings (SSSR count). The van der Waals surface area contributed by atoms with Gasteiger partial charge in [-0.15, -0.1) is 0 Å². The standard InChI is InChI=1S/C13H23NO2/c1-12(8-4-3-5-9-12)14-13(2,11(15)16)10-6-7-10/h10,14H,3-9H2,1-2H3,(H,15,16). The monoisotopic (exact) mass is 225 g/mol. The average Bonchev–Trinajstić information content (AvgIpc) is 3.00. The van der Waals surface area contributed by atoms with Gasteiger partial charge in [0.25, 0.3) is 0 Å². The number of hydrogen-bond donors (Lipinski definition) is 2. The van der Waals surface area contributed by atoms with Crippen LogP contribution >= 0.6 is 0 Å². The van der Waals surface area contributed by atoms with Gasteiger partial charge in [0, 0.05) is 5.54 Å². The second-order valence-corrected chi connectivity index (χ2v) is 6.03. The van der Waals surface area contributed by atoms with Gasteiger partial charge in [-0.3, -0.25) is 10.1 Å². The van der Waals surface area contributed by atoms with Crippen molar-refractivity contribution in [3.63, 3.8) is 0 Å². The predicted octanol–water partition coefficient (Wildman–Crippen LogP) is 2.55. The number of carboxylic acid groups (broad SMARTS) is 1. The zero-order valence-electron chi connectivity index (χ0n) is 10.4. The molecular weight excluding hydrogens is 202 g/mol. The Morgan fingerprint density at radius 3 is 2.31 bits per heavy atom. The molecule has 92 valence electrons. The van der Waals surface area contributed by atoms with Crippen molar-refractivity contribution in [3.8, 4) is 0 Å². The summed E-state index contributed by atoms with van der Waals surface area (Å²) in [5.74, 6) is -0.342. The van der Waals surface area contributed by atoms with Crippen molar-refractivity contribution < 1.29 is 9.90 Å². The van der Waals surface area contributed by atoms with E-state index in [0.717, 1.165) is 25.7 Å². The third-order valence-electron chi connectivity index (χ3n) is 4.36. The fourth-order valence-electron chi connectivity index (χ4n) is 3.07. The van der Waals surface area contributed by atoms with Gasteiger partial charge in [-0.1, -0.05) is 19.3 Å². The average molecular weight is 225 g/mol. The quantitative estimate of drug-likeness (QED) is 0.773. The molecule has 0 aromatic rings. The summed E-state index contributed by atoms with van der Waals surface area (Å²) in [6.07, 6.45) is 8.10. The maximum Gasteiger partial charge on any atom is 0.323 e. The molecule has 2 saturated carbocycles. The summed E-state index contributed by atoms with van der Waals surface area (Å²) < 4.78 is 0. The number of hydrogen-bond acceptors (Lipinski definition) is 2. The molecule has 0 spiro atoms. The summed E-state index contributed by atoms with van der Waals surface area (Å²) in [6.45, 7) is 4.06. The van der Waals surface area contributed by atoms with Crippen LogP contribution in [0.4, 0.5) is 0 Å². The molecule has 0 amide bonds. The van der Waals surface area contributed by atoms with Crippen LogP contribution in [-0.4, -0.2) is 22.2 Å². The molecule has 2 N–H and O–H groups in total. The van der Waals surface area contributed by atoms with Crippen LogP contribution in [0.1, 0.15) is 58.8 Å². The summed E-state index contributed by atoms with van der Waals surface area (Å²) in [4.78, 5) is 11.5. The third-order valence-corrected chi connectivity index (χ3v) is 4.36. The van der Waals surface area contributed by atoms with Crippen LogP contribution in [0, 0.1) is 5.92 Å². The zero-order chi connectivity index (χ0) is 11.8. The van der Waals surface area contributed by atoms with E-state index in [1.165, 1.54) is 19.3 Å². The Bertz CT molecular complexity index is 280. The molecule has 1 unspecified atom stereocenters. The van der Waals surface area contributed by atoms with Crippen molar-refractivity contribution in [3.05, 3.63) is 0 Å². The Morgan fingerprint density at radius 1 is 1.31 bits per heavy atom. The van der Waals surface area contributed by atoms with E-state index in [9.17, 15) is 9.90 Å². The molecule has 16 heavy (non-hydrogen) atoms. The van der Waals surface area contributed by atoms with Gasteiger partial charge in [0.05, 0.1) is 0 Å². The Kier molecular flexibility index (Phi) is 2.99. The van der Waals surface area contributed by atoms with Gasteiger partial charge < -0.3 is 5.11 Å². The molecule has 0 saturated heterocycles. The molecule has 0 aromatic carbocycles. The summed E-state index contributed by atoms with van der Waals surface area (Å²) in [7, 11) is 0. The van der Waals surface area contributed by atoms with Crippen LogP contribution in [0.2, 0.25) is 0 Å². The first-order valence-corrected chi connectivity index (χ1v) is 6.49. The summed E-state index contributed by atoms with van der Waals surface area (Å²) in [5, 5.41) is 12.9. The van der Waals surface area contributed by atoms with Crippen molar-refractivity contribution in [1.29, 1.82) is 0 Å². The Balaban J connectivity index is 2.07. The molecule has 3 heteroatoms. The lowest BCUT2D eigenvalue weighted by atomic mass is 9.80. The molecule has 2 fully saturated rings. The SMILES string of the molecule is CC1(NC(C)(C(=O)O)C2CC2)CCCCC1. The lowest BCUT2D eigenvalue weighted by Gasteiger charge is -2.42. The lowest BCUT2D eigenvalue weighted by molar-refractivity contribution is -0.146. The van der Waals surface area contributed by atoms with E-state index in [4.69, 9.17) is 0 Å². The maximum absolute atomic E-state index is 11.5. The number of carbonyl (C=O) groups is 1. The van der Waals surface area contributed by atoms with Crippen molar-refractivity contribution in [2.45, 2.75) is 69.9 Å². The Morgan fingerprint density at radius 2 is 1.88 bits per heavy atom. The van der Waals surface area contributed by atoms with Crippen molar-refractivity contribution in [2.24, 2.45) is 5.92 Å². The summed E-state index contributed by atoms with van der Waals surface area (Å²) in [5.41, 5.74) is -0.667. The summed E-state index contributed by atoms with van der Waals surface area (Å²) >= 11 is 0. The smallest absolute Gasteiger partial charge is 0.323 e. The fourth-order valence-corrected chi connectivity index (χ4v) is 3.07. The van der Waals surface area contributed by atoms with E-state index < -0.39 is 11.5 Å². The second-order valence-electron chi connectivity index (χ2n) is 6.03. The van der Waals surface area contributed by atoms with E-state index in [0.29, 0.717) is 5.92 Å². The van der Waals surface area contributed by atoms with Crippen molar-refractivity contribution >= 4 is 5.97 Å².